The molecule has 0 aliphatic heterocycles. The van der Waals surface area contributed by atoms with E-state index in [1.165, 1.54) is 12.1 Å². The topological polar surface area (TPSA) is 16.4 Å². The number of hydrogen-bond donors (Lipinski definition) is 0. The summed E-state index contributed by atoms with van der Waals surface area (Å²) in [7, 11) is 0. The first-order valence-corrected chi connectivity index (χ1v) is 15.5. The molecule has 49 heavy (non-hydrogen) atoms. The van der Waals surface area contributed by atoms with E-state index in [1.807, 2.05) is 0 Å². The predicted octanol–water partition coefficient (Wildman–Crippen LogP) is 13.9. The highest BCUT2D eigenvalue weighted by molar-refractivity contribution is 7.25. The zero-order chi connectivity index (χ0) is 53.2. The van der Waals surface area contributed by atoms with Crippen LogP contribution in [0.25, 0.3) is 75.1 Å². The molecule has 2 heterocycles. The molecule has 10 rings (SSSR count). The molecule has 2 nitrogen and oxygen atoms in total. The smallest absolute Gasteiger partial charge is 0.143 e. The van der Waals surface area contributed by atoms with Crippen molar-refractivity contribution in [3.8, 4) is 22.3 Å². The number of thiophene rings is 1. The number of fused-ring (bicyclic) bond motifs is 8. The average Bonchev–Trinajstić information content (AvgIpc) is 3.97. The van der Waals surface area contributed by atoms with Crippen molar-refractivity contribution in [2.24, 2.45) is 0 Å². The van der Waals surface area contributed by atoms with Gasteiger partial charge in [0.25, 0.3) is 0 Å². The van der Waals surface area contributed by atoms with E-state index in [2.05, 4.69) is 0 Å². The molecule has 0 N–H and O–H groups in total. The van der Waals surface area contributed by atoms with Crippen molar-refractivity contribution in [1.82, 2.24) is 0 Å². The number of anilines is 3. The number of benzene rings is 8. The van der Waals surface area contributed by atoms with E-state index in [1.54, 1.807) is 18.2 Å². The minimum absolute atomic E-state index is 0.0525. The Morgan fingerprint density at radius 3 is 2.14 bits per heavy atom. The molecule has 0 fully saturated rings. The van der Waals surface area contributed by atoms with Gasteiger partial charge in [-0.3, -0.25) is 0 Å². The first-order valence-electron chi connectivity index (χ1n) is 26.6. The number of hydrogen-bond acceptors (Lipinski definition) is 3. The molecule has 0 bridgehead atoms. The molecule has 0 unspecified atom stereocenters. The van der Waals surface area contributed by atoms with Gasteiger partial charge in [-0.05, 0) is 88.1 Å². The molecule has 230 valence electrons. The summed E-state index contributed by atoms with van der Waals surface area (Å²) in [6, 6.07) is -11.6. The predicted molar refractivity (Wildman–Crippen MR) is 210 cm³/mol. The van der Waals surface area contributed by atoms with Crippen molar-refractivity contribution < 1.29 is 37.3 Å². The highest BCUT2D eigenvalue weighted by atomic mass is 32.1. The second-order valence-corrected chi connectivity index (χ2v) is 11.7. The van der Waals surface area contributed by atoms with Crippen molar-refractivity contribution >= 4 is 81.3 Å². The van der Waals surface area contributed by atoms with Gasteiger partial charge >= 0.3 is 0 Å². The normalized spacial score (nSPS) is 18.5. The maximum absolute atomic E-state index is 9.74. The van der Waals surface area contributed by atoms with Crippen molar-refractivity contribution in [3.63, 3.8) is 0 Å². The Morgan fingerprint density at radius 1 is 0.490 bits per heavy atom. The summed E-state index contributed by atoms with van der Waals surface area (Å²) in [6.07, 6.45) is 0. The maximum Gasteiger partial charge on any atom is 0.143 e. The van der Waals surface area contributed by atoms with Crippen LogP contribution in [-0.4, -0.2) is 0 Å². The fourth-order valence-corrected chi connectivity index (χ4v) is 6.54. The standard InChI is InChI=1S/C46H29NOS/c1-2-10-30(11-3-1)33-13-8-14-36(28-33)47(41-17-9-18-42-45(41)39-26-22-32-12-4-5-15-37(32)46(39)48-42)35-24-20-31(21-25-35)34-23-27-44-40(29-34)38-16-6-7-19-43(38)49-44/h1-29H/i4D,5D,6D,7D,8D,9D,12D,13D,14D,15D,16D,17D,18D,19D,20D,21D,22D,23D,24D,25D,26D,27D,28D,29D. The lowest BCUT2D eigenvalue weighted by molar-refractivity contribution is 0.672. The van der Waals surface area contributed by atoms with Crippen molar-refractivity contribution in [2.45, 2.75) is 0 Å². The van der Waals surface area contributed by atoms with Gasteiger partial charge in [0.1, 0.15) is 11.2 Å². The Kier molecular flexibility index (Phi) is 2.99. The van der Waals surface area contributed by atoms with Crippen LogP contribution in [0.4, 0.5) is 17.1 Å². The Morgan fingerprint density at radius 2 is 1.24 bits per heavy atom. The molecule has 0 aliphatic carbocycles. The zero-order valence-corrected chi connectivity index (χ0v) is 25.5. The van der Waals surface area contributed by atoms with Gasteiger partial charge in [-0.1, -0.05) is 115 Å². The van der Waals surface area contributed by atoms with Crippen molar-refractivity contribution in [2.75, 3.05) is 4.90 Å². The van der Waals surface area contributed by atoms with Gasteiger partial charge in [0.05, 0.1) is 44.0 Å². The van der Waals surface area contributed by atoms with Crippen LogP contribution < -0.4 is 4.90 Å². The molecular weight excluding hydrogens is 615 g/mol. The number of rotatable bonds is 5. The fraction of sp³-hybridized carbons (Fsp3) is 0. The molecule has 0 atom stereocenters. The van der Waals surface area contributed by atoms with Gasteiger partial charge in [0.15, 0.2) is 0 Å². The molecule has 3 heteroatoms. The maximum atomic E-state index is 9.74. The quantitative estimate of drug-likeness (QED) is 0.182. The molecule has 0 amide bonds. The summed E-state index contributed by atoms with van der Waals surface area (Å²) in [4.78, 5) is 0.648. The van der Waals surface area contributed by atoms with Gasteiger partial charge in [0.2, 0.25) is 0 Å². The number of nitrogens with zero attached hydrogens (tertiary/aromatic N) is 1. The van der Waals surface area contributed by atoms with Gasteiger partial charge in [0, 0.05) is 42.3 Å². The zero-order valence-electron chi connectivity index (χ0n) is 48.7. The highest BCUT2D eigenvalue weighted by Gasteiger charge is 2.21. The molecule has 0 aliphatic rings. The van der Waals surface area contributed by atoms with E-state index < -0.39 is 206 Å². The Balaban J connectivity index is 1.41. The van der Waals surface area contributed by atoms with Crippen LogP contribution in [-0.2, 0) is 0 Å². The third kappa shape index (κ3) is 4.62. The Bertz CT molecular complexity index is 4180. The summed E-state index contributed by atoms with van der Waals surface area (Å²) < 4.78 is 224. The Labute approximate surface area is 321 Å². The fourth-order valence-electron chi connectivity index (χ4n) is 5.62. The molecule has 10 aromatic rings. The lowest BCUT2D eigenvalue weighted by Crippen LogP contribution is -2.10. The van der Waals surface area contributed by atoms with Crippen LogP contribution in [0.2, 0.25) is 0 Å². The van der Waals surface area contributed by atoms with E-state index in [4.69, 9.17) is 25.0 Å². The summed E-state index contributed by atoms with van der Waals surface area (Å²) in [5, 5.41) is -2.41. The Hall–Kier alpha value is -6.16. The molecule has 0 radical (unpaired) electrons. The second-order valence-electron chi connectivity index (χ2n) is 10.6. The first-order chi connectivity index (χ1) is 34.3. The van der Waals surface area contributed by atoms with Crippen LogP contribution in [0.15, 0.2) is 180 Å². The second kappa shape index (κ2) is 11.2. The van der Waals surface area contributed by atoms with Gasteiger partial charge in [-0.2, -0.15) is 0 Å². The molecule has 0 spiro atoms. The van der Waals surface area contributed by atoms with Crippen LogP contribution in [0.1, 0.15) is 32.9 Å². The summed E-state index contributed by atoms with van der Waals surface area (Å²) in [5.41, 5.74) is -5.27. The lowest BCUT2D eigenvalue weighted by Gasteiger charge is -2.27. The van der Waals surface area contributed by atoms with Crippen LogP contribution >= 0.6 is 11.3 Å². The van der Waals surface area contributed by atoms with E-state index in [-0.39, 0.29) is 31.3 Å². The van der Waals surface area contributed by atoms with Crippen LogP contribution in [0, 0.1) is 0 Å². The minimum atomic E-state index is -1.09. The summed E-state index contributed by atoms with van der Waals surface area (Å²) in [5.74, 6) is 0. The first kappa shape index (κ1) is 13.0. The molecule has 8 aromatic carbocycles. The van der Waals surface area contributed by atoms with Crippen molar-refractivity contribution in [1.29, 1.82) is 0 Å². The van der Waals surface area contributed by atoms with Crippen molar-refractivity contribution in [3.05, 3.63) is 175 Å². The van der Waals surface area contributed by atoms with E-state index >= 15 is 0 Å². The molecule has 2 aromatic heterocycles. The van der Waals surface area contributed by atoms with E-state index in [0.717, 1.165) is 11.3 Å². The SMILES string of the molecule is [2H]c1c([2H])c(-c2ccccc2)c([2H])c(N(c2c([2H])c([2H])c(-c3c([2H])c([2H])c4sc5c([2H])c([2H])c([2H])c([2H])c5c4c3[2H])c([2H])c2[2H])c2c([2H])c([2H])c([2H])c3oc4c5c([2H])c([2H])c([2H])c([2H])c5c([2H])c([2H])c4c23)c1[2H]. The van der Waals surface area contributed by atoms with E-state index in [9.17, 15) is 12.3 Å². The van der Waals surface area contributed by atoms with Gasteiger partial charge in [-0.15, -0.1) is 11.3 Å². The molecule has 0 saturated carbocycles. The average molecular weight is 668 g/mol. The third-order valence-corrected chi connectivity index (χ3v) is 8.84. The van der Waals surface area contributed by atoms with E-state index in [0.29, 0.717) is 4.90 Å². The van der Waals surface area contributed by atoms with Gasteiger partial charge < -0.3 is 9.32 Å². The summed E-state index contributed by atoms with van der Waals surface area (Å²) in [6.45, 7) is 0. The van der Waals surface area contributed by atoms with Crippen LogP contribution in [0.3, 0.4) is 0 Å². The minimum Gasteiger partial charge on any atom is -0.455 e. The largest absolute Gasteiger partial charge is 0.455 e. The highest BCUT2D eigenvalue weighted by Crippen LogP contribution is 2.45. The monoisotopic (exact) mass is 667 g/mol. The summed E-state index contributed by atoms with van der Waals surface area (Å²) >= 11 is 0.722. The lowest BCUT2D eigenvalue weighted by atomic mass is 10.0. The number of furan rings is 1. The molecule has 0 saturated heterocycles. The van der Waals surface area contributed by atoms with Gasteiger partial charge in [-0.25, -0.2) is 0 Å². The molecular formula is C46H29NOS. The third-order valence-electron chi connectivity index (χ3n) is 7.82. The van der Waals surface area contributed by atoms with Crippen LogP contribution in [0.5, 0.6) is 0 Å².